The molecule has 0 radical (unpaired) electrons. The summed E-state index contributed by atoms with van der Waals surface area (Å²) in [6.45, 7) is 1.55. The van der Waals surface area contributed by atoms with E-state index in [2.05, 4.69) is 11.0 Å². The van der Waals surface area contributed by atoms with E-state index in [1.807, 2.05) is 18.2 Å². The van der Waals surface area contributed by atoms with E-state index in [4.69, 9.17) is 10.7 Å². The van der Waals surface area contributed by atoms with E-state index in [-0.39, 0.29) is 18.9 Å². The number of thiazole rings is 1. The number of nitrogens with zero attached hydrogens (tertiary/aromatic N) is 2. The summed E-state index contributed by atoms with van der Waals surface area (Å²) < 4.78 is 27.5. The van der Waals surface area contributed by atoms with Gasteiger partial charge in [-0.3, -0.25) is 4.90 Å². The van der Waals surface area contributed by atoms with E-state index in [0.29, 0.717) is 0 Å². The Hall–Kier alpha value is -1.57. The molecule has 2 N–H and O–H groups in total. The van der Waals surface area contributed by atoms with Gasteiger partial charge in [0, 0.05) is 42.4 Å². The average molecular weight is 377 g/mol. The van der Waals surface area contributed by atoms with Crippen LogP contribution in [0.2, 0.25) is 0 Å². The fourth-order valence-corrected chi connectivity index (χ4v) is 6.12. The van der Waals surface area contributed by atoms with Crippen molar-refractivity contribution in [3.8, 4) is 10.6 Å². The van der Waals surface area contributed by atoms with Crippen LogP contribution in [-0.2, 0) is 13.0 Å². The molecule has 0 amide bonds. The topological polar surface area (TPSA) is 42.1 Å². The van der Waals surface area contributed by atoms with Crippen molar-refractivity contribution in [1.29, 1.82) is 0 Å². The number of thiophene rings is 1. The SMILES string of the molecule is Nc1sc2c(c1-c1nc3ccccc3s1)CCN(C1CC(F)(F)C1)C2. The van der Waals surface area contributed by atoms with Crippen LogP contribution in [0.25, 0.3) is 20.8 Å². The summed E-state index contributed by atoms with van der Waals surface area (Å²) in [5.41, 5.74) is 9.67. The highest BCUT2D eigenvalue weighted by molar-refractivity contribution is 7.22. The zero-order chi connectivity index (χ0) is 17.2. The molecule has 1 aromatic carbocycles. The lowest BCUT2D eigenvalue weighted by Crippen LogP contribution is -2.51. The van der Waals surface area contributed by atoms with Gasteiger partial charge < -0.3 is 5.73 Å². The van der Waals surface area contributed by atoms with Gasteiger partial charge in [-0.05, 0) is 24.1 Å². The first-order valence-corrected chi connectivity index (χ1v) is 10.0. The second-order valence-electron chi connectivity index (χ2n) is 6.87. The first kappa shape index (κ1) is 15.7. The van der Waals surface area contributed by atoms with Crippen LogP contribution in [-0.4, -0.2) is 28.4 Å². The smallest absolute Gasteiger partial charge is 0.251 e. The predicted octanol–water partition coefficient (Wildman–Crippen LogP) is 4.76. The standard InChI is InChI=1S/C18H17F2N3S2/c19-18(20)7-10(8-18)23-6-5-11-14(9-23)24-16(21)15(11)17-22-12-3-1-2-4-13(12)25-17/h1-4,10H,5-9,21H2. The summed E-state index contributed by atoms with van der Waals surface area (Å²) in [7, 11) is 0. The van der Waals surface area contributed by atoms with Crippen LogP contribution < -0.4 is 5.73 Å². The molecule has 1 aliphatic heterocycles. The molecule has 3 nitrogen and oxygen atoms in total. The lowest BCUT2D eigenvalue weighted by molar-refractivity contribution is -0.126. The maximum atomic E-state index is 13.2. The van der Waals surface area contributed by atoms with Gasteiger partial charge in [-0.15, -0.1) is 22.7 Å². The molecule has 3 heterocycles. The molecular weight excluding hydrogens is 360 g/mol. The summed E-state index contributed by atoms with van der Waals surface area (Å²) >= 11 is 3.26. The molecule has 1 saturated carbocycles. The number of nitrogens with two attached hydrogens (primary N) is 1. The third-order valence-corrected chi connectivity index (χ3v) is 7.31. The van der Waals surface area contributed by atoms with E-state index in [1.54, 1.807) is 22.7 Å². The quantitative estimate of drug-likeness (QED) is 0.700. The molecule has 0 spiro atoms. The Morgan fingerprint density at radius 3 is 2.76 bits per heavy atom. The Labute approximate surface area is 152 Å². The molecule has 1 fully saturated rings. The predicted molar refractivity (Wildman–Crippen MR) is 99.4 cm³/mol. The van der Waals surface area contributed by atoms with E-state index < -0.39 is 5.92 Å². The van der Waals surface area contributed by atoms with Gasteiger partial charge in [0.05, 0.1) is 15.2 Å². The molecule has 0 bridgehead atoms. The molecule has 2 aromatic heterocycles. The van der Waals surface area contributed by atoms with Gasteiger partial charge in [0.1, 0.15) is 5.01 Å². The first-order valence-electron chi connectivity index (χ1n) is 8.38. The molecule has 1 aliphatic carbocycles. The Morgan fingerprint density at radius 1 is 1.20 bits per heavy atom. The highest BCUT2D eigenvalue weighted by atomic mass is 32.1. The van der Waals surface area contributed by atoms with Gasteiger partial charge in [-0.1, -0.05) is 12.1 Å². The number of para-hydroxylation sites is 1. The number of hydrogen-bond donors (Lipinski definition) is 1. The normalized spacial score (nSPS) is 20.6. The number of rotatable bonds is 2. The van der Waals surface area contributed by atoms with Gasteiger partial charge in [-0.2, -0.15) is 0 Å². The van der Waals surface area contributed by atoms with E-state index in [0.717, 1.165) is 45.3 Å². The monoisotopic (exact) mass is 377 g/mol. The first-order chi connectivity index (χ1) is 12.0. The second kappa shape index (κ2) is 5.46. The van der Waals surface area contributed by atoms with Crippen molar-refractivity contribution in [2.45, 2.75) is 37.8 Å². The van der Waals surface area contributed by atoms with Crippen LogP contribution >= 0.6 is 22.7 Å². The zero-order valence-electron chi connectivity index (χ0n) is 13.5. The summed E-state index contributed by atoms with van der Waals surface area (Å²) in [6, 6.07) is 8.11. The van der Waals surface area contributed by atoms with Gasteiger partial charge in [0.15, 0.2) is 0 Å². The number of halogens is 2. The Balaban J connectivity index is 1.47. The number of anilines is 1. The van der Waals surface area contributed by atoms with Gasteiger partial charge in [0.2, 0.25) is 0 Å². The lowest BCUT2D eigenvalue weighted by atomic mass is 9.85. The van der Waals surface area contributed by atoms with Crippen molar-refractivity contribution in [2.75, 3.05) is 12.3 Å². The van der Waals surface area contributed by atoms with Crippen molar-refractivity contribution in [3.63, 3.8) is 0 Å². The zero-order valence-corrected chi connectivity index (χ0v) is 15.1. The van der Waals surface area contributed by atoms with Crippen molar-refractivity contribution in [3.05, 3.63) is 34.7 Å². The van der Waals surface area contributed by atoms with Crippen molar-refractivity contribution in [1.82, 2.24) is 9.88 Å². The summed E-state index contributed by atoms with van der Waals surface area (Å²) in [6.07, 6.45) is 0.845. The minimum Gasteiger partial charge on any atom is -0.390 e. The van der Waals surface area contributed by atoms with Crippen molar-refractivity contribution in [2.24, 2.45) is 0 Å². The highest BCUT2D eigenvalue weighted by Gasteiger charge is 2.48. The molecule has 2 aliphatic rings. The minimum absolute atomic E-state index is 0.00603. The summed E-state index contributed by atoms with van der Waals surface area (Å²) in [5.74, 6) is -2.47. The fourth-order valence-electron chi connectivity index (χ4n) is 3.86. The third-order valence-electron chi connectivity index (χ3n) is 5.21. The number of alkyl halides is 2. The maximum Gasteiger partial charge on any atom is 0.251 e. The van der Waals surface area contributed by atoms with Gasteiger partial charge >= 0.3 is 0 Å². The highest BCUT2D eigenvalue weighted by Crippen LogP contribution is 2.47. The number of hydrogen-bond acceptors (Lipinski definition) is 5. The Bertz CT molecular complexity index is 922. The molecule has 0 atom stereocenters. The van der Waals surface area contributed by atoms with E-state index >= 15 is 0 Å². The number of aromatic nitrogens is 1. The average Bonchev–Trinajstić information content (AvgIpc) is 3.10. The summed E-state index contributed by atoms with van der Waals surface area (Å²) in [5, 5.41) is 1.77. The molecule has 25 heavy (non-hydrogen) atoms. The molecule has 0 unspecified atom stereocenters. The van der Waals surface area contributed by atoms with Gasteiger partial charge in [-0.25, -0.2) is 13.8 Å². The number of benzene rings is 1. The number of nitrogen functional groups attached to an aromatic ring is 1. The maximum absolute atomic E-state index is 13.2. The van der Waals surface area contributed by atoms with Crippen LogP contribution in [0.3, 0.4) is 0 Å². The van der Waals surface area contributed by atoms with Gasteiger partial charge in [0.25, 0.3) is 5.92 Å². The van der Waals surface area contributed by atoms with E-state index in [9.17, 15) is 8.78 Å². The minimum atomic E-state index is -2.47. The van der Waals surface area contributed by atoms with Crippen LogP contribution in [0.4, 0.5) is 13.8 Å². The molecule has 5 rings (SSSR count). The largest absolute Gasteiger partial charge is 0.390 e. The summed E-state index contributed by atoms with van der Waals surface area (Å²) in [4.78, 5) is 8.17. The van der Waals surface area contributed by atoms with Crippen LogP contribution in [0.5, 0.6) is 0 Å². The number of fused-ring (bicyclic) bond motifs is 2. The van der Waals surface area contributed by atoms with Crippen LogP contribution in [0, 0.1) is 0 Å². The lowest BCUT2D eigenvalue weighted by Gasteiger charge is -2.44. The Kier molecular flexibility index (Phi) is 3.42. The molecule has 130 valence electrons. The van der Waals surface area contributed by atoms with Crippen LogP contribution in [0.15, 0.2) is 24.3 Å². The van der Waals surface area contributed by atoms with Crippen LogP contribution in [0.1, 0.15) is 23.3 Å². The van der Waals surface area contributed by atoms with Crippen molar-refractivity contribution < 1.29 is 8.78 Å². The van der Waals surface area contributed by atoms with Crippen molar-refractivity contribution >= 4 is 37.9 Å². The Morgan fingerprint density at radius 2 is 2.00 bits per heavy atom. The molecule has 3 aromatic rings. The third kappa shape index (κ3) is 2.56. The molecule has 7 heteroatoms. The fraction of sp³-hybridized carbons (Fsp3) is 0.389. The van der Waals surface area contributed by atoms with E-state index in [1.165, 1.54) is 10.4 Å². The molecule has 0 saturated heterocycles. The molecular formula is C18H17F2N3S2. The second-order valence-corrected chi connectivity index (χ2v) is 9.04.